The van der Waals surface area contributed by atoms with Gasteiger partial charge in [-0.25, -0.2) is 0 Å². The smallest absolute Gasteiger partial charge is 0.244 e. The summed E-state index contributed by atoms with van der Waals surface area (Å²) in [4.78, 5) is 38.7. The molecule has 4 atom stereocenters. The zero-order valence-corrected chi connectivity index (χ0v) is 14.2. The average molecular weight is 347 g/mol. The number of imide groups is 1. The number of hydrogen-bond acceptors (Lipinski definition) is 3. The highest BCUT2D eigenvalue weighted by Crippen LogP contribution is 2.56. The highest BCUT2D eigenvalue weighted by molar-refractivity contribution is 6.31. The fraction of sp³-hybridized carbons (Fsp3) is 0.500. The van der Waals surface area contributed by atoms with Crippen LogP contribution in [0.4, 0.5) is 5.69 Å². The zero-order valence-electron chi connectivity index (χ0n) is 13.4. The number of nitrogens with one attached hydrogen (secondary N) is 1. The van der Waals surface area contributed by atoms with Gasteiger partial charge >= 0.3 is 0 Å². The van der Waals surface area contributed by atoms with Gasteiger partial charge in [0.1, 0.15) is 6.54 Å². The van der Waals surface area contributed by atoms with E-state index >= 15 is 0 Å². The number of anilines is 1. The molecule has 2 bridgehead atoms. The van der Waals surface area contributed by atoms with Crippen molar-refractivity contribution in [2.75, 3.05) is 11.9 Å². The third-order valence-corrected chi connectivity index (χ3v) is 6.27. The molecule has 1 aromatic carbocycles. The number of carbonyl (C=O) groups excluding carboxylic acids is 3. The minimum Gasteiger partial charge on any atom is -0.324 e. The van der Waals surface area contributed by atoms with E-state index in [-0.39, 0.29) is 36.1 Å². The Labute approximate surface area is 145 Å². The first-order valence-electron chi connectivity index (χ1n) is 8.37. The van der Waals surface area contributed by atoms with Crippen LogP contribution in [-0.2, 0) is 14.4 Å². The van der Waals surface area contributed by atoms with Gasteiger partial charge in [0.05, 0.1) is 11.8 Å². The molecule has 3 amide bonds. The fourth-order valence-electron chi connectivity index (χ4n) is 4.70. The van der Waals surface area contributed by atoms with Crippen molar-refractivity contribution >= 4 is 35.0 Å². The minimum absolute atomic E-state index is 0.157. The summed E-state index contributed by atoms with van der Waals surface area (Å²) in [6, 6.07) is 5.25. The molecule has 2 saturated carbocycles. The Morgan fingerprint density at radius 3 is 2.46 bits per heavy atom. The van der Waals surface area contributed by atoms with Crippen molar-refractivity contribution in [3.63, 3.8) is 0 Å². The standard InChI is InChI=1S/C18H19ClN2O3/c1-9-12(19)3-2-4-13(9)20-14(22)8-21-17(23)15-10-5-6-11(7-10)16(15)18(21)24/h2-4,10-11,15-16H,5-8H2,1H3,(H,20,22)/t10-,11-,15+,16+/m0/s1. The summed E-state index contributed by atoms with van der Waals surface area (Å²) >= 11 is 6.05. The SMILES string of the molecule is Cc1c(Cl)cccc1NC(=O)CN1C(=O)[C@@H]2[C@H]3CC[C@@H](C3)[C@H]2C1=O. The summed E-state index contributed by atoms with van der Waals surface area (Å²) in [6.07, 6.45) is 3.06. The van der Waals surface area contributed by atoms with Crippen molar-refractivity contribution in [2.24, 2.45) is 23.7 Å². The second kappa shape index (κ2) is 5.59. The first-order valence-corrected chi connectivity index (χ1v) is 8.75. The lowest BCUT2D eigenvalue weighted by Gasteiger charge is -2.19. The predicted molar refractivity (Wildman–Crippen MR) is 89.3 cm³/mol. The second-order valence-corrected chi connectivity index (χ2v) is 7.52. The van der Waals surface area contributed by atoms with E-state index in [2.05, 4.69) is 5.32 Å². The molecule has 1 saturated heterocycles. The lowest BCUT2D eigenvalue weighted by atomic mass is 9.81. The Morgan fingerprint density at radius 1 is 1.21 bits per heavy atom. The highest BCUT2D eigenvalue weighted by atomic mass is 35.5. The number of likely N-dealkylation sites (tertiary alicyclic amines) is 1. The Morgan fingerprint density at radius 2 is 1.83 bits per heavy atom. The molecular weight excluding hydrogens is 328 g/mol. The van der Waals surface area contributed by atoms with Crippen LogP contribution in [0.3, 0.4) is 0 Å². The van der Waals surface area contributed by atoms with E-state index in [9.17, 15) is 14.4 Å². The van der Waals surface area contributed by atoms with E-state index in [0.717, 1.165) is 29.7 Å². The monoisotopic (exact) mass is 346 g/mol. The van der Waals surface area contributed by atoms with E-state index < -0.39 is 0 Å². The molecule has 126 valence electrons. The van der Waals surface area contributed by atoms with E-state index in [0.29, 0.717) is 22.5 Å². The summed E-state index contributed by atoms with van der Waals surface area (Å²) < 4.78 is 0. The molecule has 4 rings (SSSR count). The van der Waals surface area contributed by atoms with E-state index in [1.54, 1.807) is 18.2 Å². The van der Waals surface area contributed by atoms with Gasteiger partial charge < -0.3 is 5.32 Å². The molecule has 3 fully saturated rings. The molecule has 1 heterocycles. The maximum absolute atomic E-state index is 12.6. The van der Waals surface area contributed by atoms with Crippen molar-refractivity contribution in [1.82, 2.24) is 4.90 Å². The van der Waals surface area contributed by atoms with Crippen LogP contribution in [0.2, 0.25) is 5.02 Å². The number of rotatable bonds is 3. The summed E-state index contributed by atoms with van der Waals surface area (Å²) in [5.74, 6) is -0.381. The molecule has 1 aromatic rings. The van der Waals surface area contributed by atoms with Crippen LogP contribution in [0, 0.1) is 30.6 Å². The maximum atomic E-state index is 12.6. The Balaban J connectivity index is 1.47. The van der Waals surface area contributed by atoms with Gasteiger partial charge in [0.2, 0.25) is 17.7 Å². The van der Waals surface area contributed by atoms with Crippen LogP contribution in [0.5, 0.6) is 0 Å². The summed E-state index contributed by atoms with van der Waals surface area (Å²) in [5.41, 5.74) is 1.37. The molecule has 3 aliphatic rings. The van der Waals surface area contributed by atoms with Gasteiger partial charge in [-0.3, -0.25) is 19.3 Å². The molecule has 5 nitrogen and oxygen atoms in total. The second-order valence-electron chi connectivity index (χ2n) is 7.11. The topological polar surface area (TPSA) is 66.5 Å². The number of nitrogens with zero attached hydrogens (tertiary/aromatic N) is 1. The van der Waals surface area contributed by atoms with Crippen molar-refractivity contribution in [3.8, 4) is 0 Å². The predicted octanol–water partition coefficient (Wildman–Crippen LogP) is 2.62. The first-order chi connectivity index (χ1) is 11.5. The van der Waals surface area contributed by atoms with Crippen LogP contribution in [0.15, 0.2) is 18.2 Å². The molecule has 1 N–H and O–H groups in total. The third kappa shape index (κ3) is 2.25. The van der Waals surface area contributed by atoms with Gasteiger partial charge in [0.25, 0.3) is 0 Å². The lowest BCUT2D eigenvalue weighted by Crippen LogP contribution is -2.39. The molecule has 0 aromatic heterocycles. The molecule has 0 unspecified atom stereocenters. The van der Waals surface area contributed by atoms with Gasteiger partial charge in [0.15, 0.2) is 0 Å². The maximum Gasteiger partial charge on any atom is 0.244 e. The summed E-state index contributed by atoms with van der Waals surface area (Å²) in [7, 11) is 0. The fourth-order valence-corrected chi connectivity index (χ4v) is 4.88. The van der Waals surface area contributed by atoms with Crippen molar-refractivity contribution < 1.29 is 14.4 Å². The quantitative estimate of drug-likeness (QED) is 0.855. The van der Waals surface area contributed by atoms with E-state index in [1.165, 1.54) is 0 Å². The summed E-state index contributed by atoms with van der Waals surface area (Å²) in [6.45, 7) is 1.60. The highest BCUT2D eigenvalue weighted by Gasteiger charge is 2.60. The van der Waals surface area contributed by atoms with E-state index in [4.69, 9.17) is 11.6 Å². The van der Waals surface area contributed by atoms with Crippen molar-refractivity contribution in [3.05, 3.63) is 28.8 Å². The van der Waals surface area contributed by atoms with E-state index in [1.807, 2.05) is 6.92 Å². The van der Waals surface area contributed by atoms with Gasteiger partial charge in [-0.1, -0.05) is 17.7 Å². The lowest BCUT2D eigenvalue weighted by molar-refractivity contribution is -0.143. The number of carbonyl (C=O) groups is 3. The largest absolute Gasteiger partial charge is 0.324 e. The zero-order chi connectivity index (χ0) is 17.0. The molecule has 24 heavy (non-hydrogen) atoms. The van der Waals surface area contributed by atoms with Crippen LogP contribution in [0.25, 0.3) is 0 Å². The number of fused-ring (bicyclic) bond motifs is 5. The van der Waals surface area contributed by atoms with Gasteiger partial charge in [-0.15, -0.1) is 0 Å². The average Bonchev–Trinajstić information content (AvgIpc) is 3.22. The normalized spacial score (nSPS) is 30.8. The van der Waals surface area contributed by atoms with Crippen LogP contribution < -0.4 is 5.32 Å². The van der Waals surface area contributed by atoms with Gasteiger partial charge in [-0.05, 0) is 55.7 Å². The van der Waals surface area contributed by atoms with Crippen LogP contribution in [-0.4, -0.2) is 29.2 Å². The molecule has 2 aliphatic carbocycles. The molecule has 6 heteroatoms. The number of halogens is 1. The third-order valence-electron chi connectivity index (χ3n) is 5.86. The van der Waals surface area contributed by atoms with Crippen LogP contribution in [0.1, 0.15) is 24.8 Å². The number of benzene rings is 1. The van der Waals surface area contributed by atoms with Crippen LogP contribution >= 0.6 is 11.6 Å². The Hall–Kier alpha value is -1.88. The summed E-state index contributed by atoms with van der Waals surface area (Å²) in [5, 5.41) is 3.32. The Bertz CT molecular complexity index is 720. The first kappa shape index (κ1) is 15.6. The minimum atomic E-state index is -0.366. The van der Waals surface area contributed by atoms with Gasteiger partial charge in [0, 0.05) is 10.7 Å². The van der Waals surface area contributed by atoms with Crippen molar-refractivity contribution in [2.45, 2.75) is 26.2 Å². The number of amides is 3. The molecule has 1 aliphatic heterocycles. The number of hydrogen-bond donors (Lipinski definition) is 1. The molecular formula is C18H19ClN2O3. The van der Waals surface area contributed by atoms with Gasteiger partial charge in [-0.2, -0.15) is 0 Å². The van der Waals surface area contributed by atoms with Crippen molar-refractivity contribution in [1.29, 1.82) is 0 Å². The Kier molecular flexibility index (Phi) is 3.64. The molecule has 0 radical (unpaired) electrons. The molecule has 0 spiro atoms.